The van der Waals surface area contributed by atoms with Crippen molar-refractivity contribution < 1.29 is 4.74 Å². The maximum atomic E-state index is 6.31. The summed E-state index contributed by atoms with van der Waals surface area (Å²) in [7, 11) is 1.72. The zero-order valence-electron chi connectivity index (χ0n) is 12.2. The minimum Gasteiger partial charge on any atom is -0.382 e. The molecule has 0 amide bonds. The molecule has 0 radical (unpaired) electrons. The first-order chi connectivity index (χ1) is 8.88. The second kappa shape index (κ2) is 5.14. The van der Waals surface area contributed by atoms with E-state index in [1.54, 1.807) is 7.11 Å². The molecule has 1 atom stereocenters. The smallest absolute Gasteiger partial charge is 0.128 e. The van der Waals surface area contributed by atoms with Crippen LogP contribution in [0.15, 0.2) is 18.2 Å². The third-order valence-corrected chi connectivity index (χ3v) is 3.56. The molecule has 0 aliphatic carbocycles. The fraction of sp³-hybridized carbons (Fsp3) is 0.533. The summed E-state index contributed by atoms with van der Waals surface area (Å²) in [6, 6.07) is 6.16. The summed E-state index contributed by atoms with van der Waals surface area (Å²) in [5, 5.41) is -0.136. The van der Waals surface area contributed by atoms with Crippen molar-refractivity contribution in [1.82, 2.24) is 9.55 Å². The van der Waals surface area contributed by atoms with Gasteiger partial charge in [0.2, 0.25) is 0 Å². The number of aryl methyl sites for hydroxylation is 1. The van der Waals surface area contributed by atoms with Gasteiger partial charge in [0.1, 0.15) is 5.82 Å². The van der Waals surface area contributed by atoms with E-state index in [1.165, 1.54) is 5.56 Å². The Balaban J connectivity index is 2.78. The average Bonchev–Trinajstić information content (AvgIpc) is 2.70. The highest BCUT2D eigenvalue weighted by atomic mass is 35.5. The predicted molar refractivity (Wildman–Crippen MR) is 79.9 cm³/mol. The van der Waals surface area contributed by atoms with Crippen molar-refractivity contribution in [2.24, 2.45) is 0 Å². The summed E-state index contributed by atoms with van der Waals surface area (Å²) in [6.07, 6.45) is 0. The van der Waals surface area contributed by atoms with Crippen LogP contribution in [0.2, 0.25) is 0 Å². The molecule has 0 spiro atoms. The molecule has 1 aromatic heterocycles. The highest BCUT2D eigenvalue weighted by Crippen LogP contribution is 2.32. The first-order valence-electron chi connectivity index (χ1n) is 6.50. The third-order valence-electron chi connectivity index (χ3n) is 3.36. The van der Waals surface area contributed by atoms with Gasteiger partial charge in [0, 0.05) is 7.11 Å². The normalized spacial score (nSPS) is 14.0. The number of halogens is 1. The molecule has 1 aromatic carbocycles. The number of aromatic nitrogens is 2. The summed E-state index contributed by atoms with van der Waals surface area (Å²) in [4.78, 5) is 4.70. The van der Waals surface area contributed by atoms with Crippen molar-refractivity contribution in [3.8, 4) is 0 Å². The Morgan fingerprint density at radius 2 is 2.11 bits per heavy atom. The van der Waals surface area contributed by atoms with Crippen molar-refractivity contribution in [3.63, 3.8) is 0 Å². The second-order valence-electron chi connectivity index (χ2n) is 5.61. The van der Waals surface area contributed by atoms with Gasteiger partial charge in [-0.2, -0.15) is 0 Å². The lowest BCUT2D eigenvalue weighted by atomic mass is 10.0. The van der Waals surface area contributed by atoms with Crippen LogP contribution in [-0.4, -0.2) is 23.3 Å². The van der Waals surface area contributed by atoms with Crippen LogP contribution < -0.4 is 0 Å². The van der Waals surface area contributed by atoms with Gasteiger partial charge in [-0.25, -0.2) is 4.98 Å². The Bertz CT molecular complexity index is 587. The van der Waals surface area contributed by atoms with Crippen LogP contribution in [0, 0.1) is 6.92 Å². The molecule has 0 bridgehead atoms. The Kier molecular flexibility index (Phi) is 3.88. The highest BCUT2D eigenvalue weighted by Gasteiger charge is 2.28. The molecule has 104 valence electrons. The Morgan fingerprint density at radius 3 is 2.68 bits per heavy atom. The molecule has 0 N–H and O–H groups in total. The van der Waals surface area contributed by atoms with Crippen molar-refractivity contribution in [2.75, 3.05) is 13.7 Å². The molecule has 3 nitrogen and oxygen atoms in total. The molecule has 19 heavy (non-hydrogen) atoms. The van der Waals surface area contributed by atoms with E-state index in [0.29, 0.717) is 6.61 Å². The van der Waals surface area contributed by atoms with Gasteiger partial charge >= 0.3 is 0 Å². The van der Waals surface area contributed by atoms with Crippen LogP contribution >= 0.6 is 11.6 Å². The number of hydrogen-bond acceptors (Lipinski definition) is 2. The molecular formula is C15H21ClN2O. The lowest BCUT2D eigenvalue weighted by Gasteiger charge is -2.29. The number of imidazole rings is 1. The van der Waals surface area contributed by atoms with E-state index in [1.807, 2.05) is 19.1 Å². The first kappa shape index (κ1) is 14.4. The number of nitrogens with zero attached hydrogens (tertiary/aromatic N) is 2. The van der Waals surface area contributed by atoms with Crippen molar-refractivity contribution in [1.29, 1.82) is 0 Å². The zero-order chi connectivity index (χ0) is 14.2. The SMILES string of the molecule is COCC(C)(C)n1c(C(C)Cl)nc2cccc(C)c21. The topological polar surface area (TPSA) is 27.1 Å². The molecule has 2 rings (SSSR count). The summed E-state index contributed by atoms with van der Waals surface area (Å²) in [5.74, 6) is 0.896. The van der Waals surface area contributed by atoms with E-state index >= 15 is 0 Å². The summed E-state index contributed by atoms with van der Waals surface area (Å²) in [5.41, 5.74) is 3.16. The van der Waals surface area contributed by atoms with E-state index < -0.39 is 0 Å². The fourth-order valence-corrected chi connectivity index (χ4v) is 2.76. The Morgan fingerprint density at radius 1 is 1.42 bits per heavy atom. The summed E-state index contributed by atoms with van der Waals surface area (Å²) in [6.45, 7) is 8.96. The standard InChI is InChI=1S/C15H21ClN2O/c1-10-7-6-8-12-13(10)18(14(17-12)11(2)16)15(3,4)9-19-5/h6-8,11H,9H2,1-5H3. The fourth-order valence-electron chi connectivity index (χ4n) is 2.61. The van der Waals surface area contributed by atoms with E-state index in [9.17, 15) is 0 Å². The van der Waals surface area contributed by atoms with Gasteiger partial charge in [-0.3, -0.25) is 0 Å². The number of para-hydroxylation sites is 1. The number of fused-ring (bicyclic) bond motifs is 1. The number of rotatable bonds is 4. The molecule has 2 aromatic rings. The number of hydrogen-bond donors (Lipinski definition) is 0. The lowest BCUT2D eigenvalue weighted by Crippen LogP contribution is -2.33. The van der Waals surface area contributed by atoms with Gasteiger partial charge in [0.25, 0.3) is 0 Å². The number of alkyl halides is 1. The van der Waals surface area contributed by atoms with Gasteiger partial charge in [-0.05, 0) is 39.3 Å². The Hall–Kier alpha value is -1.06. The molecule has 0 saturated heterocycles. The average molecular weight is 281 g/mol. The Labute approximate surface area is 119 Å². The van der Waals surface area contributed by atoms with Crippen molar-refractivity contribution in [3.05, 3.63) is 29.6 Å². The molecule has 1 heterocycles. The summed E-state index contributed by atoms with van der Waals surface area (Å²) >= 11 is 6.31. The van der Waals surface area contributed by atoms with Crippen LogP contribution in [0.25, 0.3) is 11.0 Å². The zero-order valence-corrected chi connectivity index (χ0v) is 13.0. The minimum atomic E-state index is -0.186. The maximum absolute atomic E-state index is 6.31. The molecule has 0 fully saturated rings. The minimum absolute atomic E-state index is 0.136. The van der Waals surface area contributed by atoms with Gasteiger partial charge in [0.15, 0.2) is 0 Å². The second-order valence-corrected chi connectivity index (χ2v) is 6.26. The monoisotopic (exact) mass is 280 g/mol. The lowest BCUT2D eigenvalue weighted by molar-refractivity contribution is 0.110. The number of methoxy groups -OCH3 is 1. The van der Waals surface area contributed by atoms with Gasteiger partial charge in [-0.15, -0.1) is 11.6 Å². The van der Waals surface area contributed by atoms with Crippen molar-refractivity contribution in [2.45, 2.75) is 38.6 Å². The van der Waals surface area contributed by atoms with E-state index in [-0.39, 0.29) is 10.9 Å². The van der Waals surface area contributed by atoms with Crippen LogP contribution in [0.3, 0.4) is 0 Å². The largest absolute Gasteiger partial charge is 0.382 e. The van der Waals surface area contributed by atoms with E-state index in [4.69, 9.17) is 21.3 Å². The quantitative estimate of drug-likeness (QED) is 0.791. The maximum Gasteiger partial charge on any atom is 0.128 e. The van der Waals surface area contributed by atoms with Gasteiger partial charge in [0.05, 0.1) is 28.6 Å². The van der Waals surface area contributed by atoms with Crippen LogP contribution in [0.5, 0.6) is 0 Å². The van der Waals surface area contributed by atoms with E-state index in [2.05, 4.69) is 31.4 Å². The first-order valence-corrected chi connectivity index (χ1v) is 6.93. The van der Waals surface area contributed by atoms with Crippen LogP contribution in [0.1, 0.15) is 37.5 Å². The van der Waals surface area contributed by atoms with Crippen molar-refractivity contribution >= 4 is 22.6 Å². The number of ether oxygens (including phenoxy) is 1. The molecule has 4 heteroatoms. The number of benzene rings is 1. The molecule has 0 aliphatic rings. The predicted octanol–water partition coefficient (Wildman–Crippen LogP) is 4.03. The highest BCUT2D eigenvalue weighted by molar-refractivity contribution is 6.20. The molecule has 0 saturated carbocycles. The third kappa shape index (κ3) is 2.49. The molecule has 0 aliphatic heterocycles. The van der Waals surface area contributed by atoms with Gasteiger partial charge in [-0.1, -0.05) is 12.1 Å². The molecular weight excluding hydrogens is 260 g/mol. The molecule has 1 unspecified atom stereocenters. The van der Waals surface area contributed by atoms with Crippen LogP contribution in [0.4, 0.5) is 0 Å². The van der Waals surface area contributed by atoms with E-state index in [0.717, 1.165) is 16.9 Å². The van der Waals surface area contributed by atoms with Gasteiger partial charge < -0.3 is 9.30 Å². The summed E-state index contributed by atoms with van der Waals surface area (Å²) < 4.78 is 7.58. The van der Waals surface area contributed by atoms with Crippen LogP contribution in [-0.2, 0) is 10.3 Å².